The molecule has 0 saturated heterocycles. The lowest BCUT2D eigenvalue weighted by Gasteiger charge is -2.25. The molecule has 0 spiro atoms. The monoisotopic (exact) mass is 433 g/mol. The van der Waals surface area contributed by atoms with Gasteiger partial charge in [-0.3, -0.25) is 0 Å². The molecule has 174 valence electrons. The van der Waals surface area contributed by atoms with Gasteiger partial charge in [-0.2, -0.15) is 0 Å². The van der Waals surface area contributed by atoms with Crippen LogP contribution in [0.25, 0.3) is 21.5 Å². The summed E-state index contributed by atoms with van der Waals surface area (Å²) in [5.74, 6) is 0. The zero-order valence-corrected chi connectivity index (χ0v) is 20.4. The third-order valence-electron chi connectivity index (χ3n) is 6.74. The molecule has 1 atom stereocenters. The molecule has 0 unspecified atom stereocenters. The van der Waals surface area contributed by atoms with Crippen molar-refractivity contribution in [3.63, 3.8) is 0 Å². The van der Waals surface area contributed by atoms with Crippen molar-refractivity contribution in [2.75, 3.05) is 19.6 Å². The van der Waals surface area contributed by atoms with Gasteiger partial charge in [-0.25, -0.2) is 0 Å². The summed E-state index contributed by atoms with van der Waals surface area (Å²) < 4.78 is 0. The van der Waals surface area contributed by atoms with E-state index in [1.807, 2.05) is 0 Å². The first-order valence-electron chi connectivity index (χ1n) is 13.0. The van der Waals surface area contributed by atoms with Crippen LogP contribution in [0.15, 0.2) is 54.6 Å². The lowest BCUT2D eigenvalue weighted by atomic mass is 9.98. The van der Waals surface area contributed by atoms with Crippen molar-refractivity contribution in [3.05, 3.63) is 60.2 Å². The van der Waals surface area contributed by atoms with Crippen LogP contribution in [0.4, 0.5) is 0 Å². The van der Waals surface area contributed by atoms with Gasteiger partial charge in [-0.15, -0.1) is 0 Å². The molecule has 0 heterocycles. The van der Waals surface area contributed by atoms with Gasteiger partial charge >= 0.3 is 0 Å². The Morgan fingerprint density at radius 3 is 1.88 bits per heavy atom. The van der Waals surface area contributed by atoms with Gasteiger partial charge in [0.1, 0.15) is 0 Å². The Morgan fingerprint density at radius 1 is 0.656 bits per heavy atom. The second-order valence-corrected chi connectivity index (χ2v) is 9.41. The van der Waals surface area contributed by atoms with Gasteiger partial charge in [0.25, 0.3) is 0 Å². The zero-order valence-electron chi connectivity index (χ0n) is 20.4. The fourth-order valence-electron chi connectivity index (χ4n) is 4.75. The summed E-state index contributed by atoms with van der Waals surface area (Å²) in [6, 6.07) is 19.4. The smallest absolute Gasteiger partial charge is 0.0917 e. The molecular weight excluding hydrogens is 390 g/mol. The highest BCUT2D eigenvalue weighted by molar-refractivity contribution is 6.07. The predicted molar refractivity (Wildman–Crippen MR) is 140 cm³/mol. The summed E-state index contributed by atoms with van der Waals surface area (Å²) in [4.78, 5) is 2.51. The molecule has 2 nitrogen and oxygen atoms in total. The van der Waals surface area contributed by atoms with Crippen molar-refractivity contribution in [3.8, 4) is 0 Å². The lowest BCUT2D eigenvalue weighted by Crippen LogP contribution is -2.31. The summed E-state index contributed by atoms with van der Waals surface area (Å²) in [6.45, 7) is 7.48. The molecule has 1 N–H and O–H groups in total. The van der Waals surface area contributed by atoms with E-state index < -0.39 is 6.10 Å². The third-order valence-corrected chi connectivity index (χ3v) is 6.74. The molecule has 3 aromatic rings. The average Bonchev–Trinajstić information content (AvgIpc) is 2.83. The number of aliphatic hydroxyl groups is 1. The predicted octanol–water partition coefficient (Wildman–Crippen LogP) is 8.27. The highest BCUT2D eigenvalue weighted by Gasteiger charge is 2.14. The lowest BCUT2D eigenvalue weighted by molar-refractivity contribution is 0.110. The molecule has 0 amide bonds. The highest BCUT2D eigenvalue weighted by Crippen LogP contribution is 2.28. The Labute approximate surface area is 195 Å². The Kier molecular flexibility index (Phi) is 10.5. The van der Waals surface area contributed by atoms with Crippen molar-refractivity contribution < 1.29 is 5.11 Å². The topological polar surface area (TPSA) is 23.5 Å². The number of hydrogen-bond acceptors (Lipinski definition) is 2. The van der Waals surface area contributed by atoms with Gasteiger partial charge in [0.2, 0.25) is 0 Å². The SMILES string of the molecule is CCCCCCCN(CCCCCCC)C[C@@H](O)c1ccc2ccc3ccccc3c2c1. The maximum Gasteiger partial charge on any atom is 0.0917 e. The van der Waals surface area contributed by atoms with Crippen LogP contribution in [-0.4, -0.2) is 29.6 Å². The van der Waals surface area contributed by atoms with Crippen LogP contribution in [0.2, 0.25) is 0 Å². The standard InChI is InChI=1S/C30H43NO/c1-3-5-7-9-13-21-31(22-14-10-8-6-4-2)24-30(32)27-20-19-26-18-17-25-15-11-12-16-28(25)29(26)23-27/h11-12,15-20,23,30,32H,3-10,13-14,21-22,24H2,1-2H3/t30-/m1/s1. The van der Waals surface area contributed by atoms with E-state index in [0.29, 0.717) is 0 Å². The van der Waals surface area contributed by atoms with Gasteiger partial charge in [0, 0.05) is 6.54 Å². The van der Waals surface area contributed by atoms with Gasteiger partial charge in [0.05, 0.1) is 6.10 Å². The van der Waals surface area contributed by atoms with E-state index in [1.54, 1.807) is 0 Å². The van der Waals surface area contributed by atoms with E-state index in [1.165, 1.54) is 85.8 Å². The van der Waals surface area contributed by atoms with E-state index in [0.717, 1.165) is 25.2 Å². The molecule has 0 aliphatic rings. The maximum absolute atomic E-state index is 11.2. The molecule has 0 fully saturated rings. The molecule has 32 heavy (non-hydrogen) atoms. The van der Waals surface area contributed by atoms with Crippen LogP contribution >= 0.6 is 0 Å². The zero-order chi connectivity index (χ0) is 22.6. The molecular formula is C30H43NO. The fraction of sp³-hybridized carbons (Fsp3) is 0.533. The number of benzene rings is 3. The van der Waals surface area contributed by atoms with Gasteiger partial charge in [0.15, 0.2) is 0 Å². The maximum atomic E-state index is 11.2. The van der Waals surface area contributed by atoms with Crippen molar-refractivity contribution in [1.29, 1.82) is 0 Å². The molecule has 3 aromatic carbocycles. The molecule has 0 bridgehead atoms. The summed E-state index contributed by atoms with van der Waals surface area (Å²) in [5, 5.41) is 16.2. The van der Waals surface area contributed by atoms with Gasteiger partial charge < -0.3 is 10.0 Å². The Hall–Kier alpha value is -1.90. The molecule has 0 saturated carbocycles. The minimum absolute atomic E-state index is 0.440. The number of hydrogen-bond donors (Lipinski definition) is 1. The minimum Gasteiger partial charge on any atom is -0.387 e. The first-order valence-corrected chi connectivity index (χ1v) is 13.0. The van der Waals surface area contributed by atoms with Crippen molar-refractivity contribution >= 4 is 21.5 Å². The summed E-state index contributed by atoms with van der Waals surface area (Å²) >= 11 is 0. The Morgan fingerprint density at radius 2 is 1.22 bits per heavy atom. The summed E-state index contributed by atoms with van der Waals surface area (Å²) in [7, 11) is 0. The van der Waals surface area contributed by atoms with Crippen LogP contribution in [0.1, 0.15) is 89.7 Å². The van der Waals surface area contributed by atoms with E-state index >= 15 is 0 Å². The minimum atomic E-state index is -0.440. The third kappa shape index (κ3) is 7.32. The van der Waals surface area contributed by atoms with E-state index in [2.05, 4.69) is 73.3 Å². The van der Waals surface area contributed by atoms with Crippen molar-refractivity contribution in [1.82, 2.24) is 4.90 Å². The number of rotatable bonds is 15. The fourth-order valence-corrected chi connectivity index (χ4v) is 4.75. The van der Waals surface area contributed by atoms with Crippen LogP contribution in [0.3, 0.4) is 0 Å². The van der Waals surface area contributed by atoms with Gasteiger partial charge in [-0.1, -0.05) is 114 Å². The normalized spacial score (nSPS) is 12.8. The summed E-state index contributed by atoms with van der Waals surface area (Å²) in [5.41, 5.74) is 1.04. The largest absolute Gasteiger partial charge is 0.387 e. The molecule has 0 aliphatic carbocycles. The number of nitrogens with zero attached hydrogens (tertiary/aromatic N) is 1. The highest BCUT2D eigenvalue weighted by atomic mass is 16.3. The van der Waals surface area contributed by atoms with E-state index in [9.17, 15) is 5.11 Å². The summed E-state index contributed by atoms with van der Waals surface area (Å²) in [6.07, 6.45) is 12.6. The quantitative estimate of drug-likeness (QED) is 0.192. The molecule has 0 aliphatic heterocycles. The van der Waals surface area contributed by atoms with Crippen molar-refractivity contribution in [2.24, 2.45) is 0 Å². The molecule has 2 heteroatoms. The van der Waals surface area contributed by atoms with Crippen molar-refractivity contribution in [2.45, 2.75) is 84.2 Å². The van der Waals surface area contributed by atoms with Crippen LogP contribution in [0.5, 0.6) is 0 Å². The first kappa shape index (κ1) is 24.7. The molecule has 3 rings (SSSR count). The van der Waals surface area contributed by atoms with Crippen LogP contribution in [-0.2, 0) is 0 Å². The first-order chi connectivity index (χ1) is 15.7. The second kappa shape index (κ2) is 13.6. The molecule has 0 radical (unpaired) electrons. The number of aliphatic hydroxyl groups excluding tert-OH is 1. The van der Waals surface area contributed by atoms with Crippen LogP contribution < -0.4 is 0 Å². The van der Waals surface area contributed by atoms with Crippen LogP contribution in [0, 0.1) is 0 Å². The number of unbranched alkanes of at least 4 members (excludes halogenated alkanes) is 8. The second-order valence-electron chi connectivity index (χ2n) is 9.41. The average molecular weight is 434 g/mol. The van der Waals surface area contributed by atoms with Gasteiger partial charge in [-0.05, 0) is 59.1 Å². The van der Waals surface area contributed by atoms with E-state index in [4.69, 9.17) is 0 Å². The number of fused-ring (bicyclic) bond motifs is 3. The Balaban J connectivity index is 1.66. The molecule has 0 aromatic heterocycles. The van der Waals surface area contributed by atoms with E-state index in [-0.39, 0.29) is 0 Å². The Bertz CT molecular complexity index is 920.